The van der Waals surface area contributed by atoms with Gasteiger partial charge in [-0.25, -0.2) is 0 Å². The largest absolute Gasteiger partial charge is 0.103 e. The Bertz CT molecular complexity index is 477. The molecule has 0 saturated heterocycles. The second-order valence-corrected chi connectivity index (χ2v) is 4.20. The molecular formula is C16H18. The van der Waals surface area contributed by atoms with Gasteiger partial charge < -0.3 is 0 Å². The minimum absolute atomic E-state index is 0.601. The highest BCUT2D eigenvalue weighted by Crippen LogP contribution is 2.30. The molecule has 0 fully saturated rings. The first kappa shape index (κ1) is 10.9. The van der Waals surface area contributed by atoms with E-state index in [0.717, 1.165) is 6.42 Å². The molecule has 2 rings (SSSR count). The lowest BCUT2D eigenvalue weighted by atomic mass is 9.89. The molecule has 1 unspecified atom stereocenters. The van der Waals surface area contributed by atoms with Gasteiger partial charge >= 0.3 is 0 Å². The van der Waals surface area contributed by atoms with Gasteiger partial charge in [-0.3, -0.25) is 0 Å². The third-order valence-electron chi connectivity index (χ3n) is 3.21. The van der Waals surface area contributed by atoms with Crippen LogP contribution in [0.1, 0.15) is 31.2 Å². The standard InChI is InChI=1S/C16H18/c1-3-8-13(4-2)15-12-7-10-14-9-5-6-11-16(14)15/h3,5-7,9-13H,1,4,8H2,2H3. The van der Waals surface area contributed by atoms with Gasteiger partial charge in [0.15, 0.2) is 0 Å². The summed E-state index contributed by atoms with van der Waals surface area (Å²) in [5.74, 6) is 0.601. The van der Waals surface area contributed by atoms with Crippen molar-refractivity contribution in [2.24, 2.45) is 0 Å². The molecule has 0 radical (unpaired) electrons. The van der Waals surface area contributed by atoms with Crippen molar-refractivity contribution in [3.8, 4) is 0 Å². The monoisotopic (exact) mass is 210 g/mol. The molecule has 0 N–H and O–H groups in total. The molecule has 0 aliphatic heterocycles. The highest BCUT2D eigenvalue weighted by Gasteiger charge is 2.10. The SMILES string of the molecule is C=CCC(CC)c1cccc2ccccc12. The average Bonchev–Trinajstić information content (AvgIpc) is 2.35. The van der Waals surface area contributed by atoms with Crippen LogP contribution in [0.25, 0.3) is 10.8 Å². The van der Waals surface area contributed by atoms with Crippen molar-refractivity contribution in [1.82, 2.24) is 0 Å². The van der Waals surface area contributed by atoms with Crippen molar-refractivity contribution in [2.45, 2.75) is 25.7 Å². The average molecular weight is 210 g/mol. The van der Waals surface area contributed by atoms with Crippen LogP contribution in [0.3, 0.4) is 0 Å². The summed E-state index contributed by atoms with van der Waals surface area (Å²) in [6, 6.07) is 15.2. The van der Waals surface area contributed by atoms with E-state index in [1.54, 1.807) is 0 Å². The molecular weight excluding hydrogens is 192 g/mol. The molecule has 0 aliphatic carbocycles. The van der Waals surface area contributed by atoms with Gasteiger partial charge in [-0.1, -0.05) is 55.5 Å². The van der Waals surface area contributed by atoms with Gasteiger partial charge in [0.05, 0.1) is 0 Å². The maximum Gasteiger partial charge on any atom is -0.0124 e. The van der Waals surface area contributed by atoms with E-state index in [9.17, 15) is 0 Å². The lowest BCUT2D eigenvalue weighted by Gasteiger charge is -2.15. The van der Waals surface area contributed by atoms with Gasteiger partial charge in [0, 0.05) is 0 Å². The molecule has 2 aromatic rings. The van der Waals surface area contributed by atoms with Crippen molar-refractivity contribution in [3.05, 3.63) is 60.7 Å². The third kappa shape index (κ3) is 2.01. The molecule has 0 spiro atoms. The fourth-order valence-corrected chi connectivity index (χ4v) is 2.32. The van der Waals surface area contributed by atoms with Crippen LogP contribution in [0.15, 0.2) is 55.1 Å². The van der Waals surface area contributed by atoms with Crippen molar-refractivity contribution in [1.29, 1.82) is 0 Å². The Morgan fingerprint density at radius 1 is 1.12 bits per heavy atom. The van der Waals surface area contributed by atoms with Crippen LogP contribution in [0.4, 0.5) is 0 Å². The second-order valence-electron chi connectivity index (χ2n) is 4.20. The summed E-state index contributed by atoms with van der Waals surface area (Å²) in [6.07, 6.45) is 4.25. The Morgan fingerprint density at radius 2 is 1.88 bits per heavy atom. The van der Waals surface area contributed by atoms with Crippen molar-refractivity contribution >= 4 is 10.8 Å². The highest BCUT2D eigenvalue weighted by atomic mass is 14.1. The van der Waals surface area contributed by atoms with E-state index in [1.165, 1.54) is 22.8 Å². The second kappa shape index (κ2) is 4.98. The van der Waals surface area contributed by atoms with E-state index in [-0.39, 0.29) is 0 Å². The first-order chi connectivity index (χ1) is 7.86. The molecule has 2 aromatic carbocycles. The molecule has 0 aromatic heterocycles. The smallest absolute Gasteiger partial charge is 0.0124 e. The first-order valence-electron chi connectivity index (χ1n) is 5.95. The summed E-state index contributed by atoms with van der Waals surface area (Å²) in [5, 5.41) is 2.72. The quantitative estimate of drug-likeness (QED) is 0.629. The predicted molar refractivity (Wildman–Crippen MR) is 71.8 cm³/mol. The normalized spacial score (nSPS) is 12.6. The lowest BCUT2D eigenvalue weighted by molar-refractivity contribution is 0.680. The van der Waals surface area contributed by atoms with Gasteiger partial charge in [-0.15, -0.1) is 6.58 Å². The maximum absolute atomic E-state index is 3.85. The minimum Gasteiger partial charge on any atom is -0.103 e. The van der Waals surface area contributed by atoms with E-state index in [4.69, 9.17) is 0 Å². The number of hydrogen-bond acceptors (Lipinski definition) is 0. The van der Waals surface area contributed by atoms with Crippen molar-refractivity contribution in [2.75, 3.05) is 0 Å². The summed E-state index contributed by atoms with van der Waals surface area (Å²) in [6.45, 7) is 6.10. The van der Waals surface area contributed by atoms with Crippen LogP contribution in [-0.2, 0) is 0 Å². The van der Waals surface area contributed by atoms with Gasteiger partial charge in [0.1, 0.15) is 0 Å². The molecule has 82 valence electrons. The van der Waals surface area contributed by atoms with Crippen molar-refractivity contribution in [3.63, 3.8) is 0 Å². The van der Waals surface area contributed by atoms with Gasteiger partial charge in [-0.2, -0.15) is 0 Å². The van der Waals surface area contributed by atoms with E-state index in [0.29, 0.717) is 5.92 Å². The Balaban J connectivity index is 2.54. The van der Waals surface area contributed by atoms with E-state index >= 15 is 0 Å². The zero-order valence-electron chi connectivity index (χ0n) is 9.82. The Kier molecular flexibility index (Phi) is 3.40. The van der Waals surface area contributed by atoms with Gasteiger partial charge in [0.25, 0.3) is 0 Å². The zero-order valence-corrected chi connectivity index (χ0v) is 9.82. The Labute approximate surface area is 97.6 Å². The predicted octanol–water partition coefficient (Wildman–Crippen LogP) is 4.91. The lowest BCUT2D eigenvalue weighted by Crippen LogP contribution is -1.96. The number of rotatable bonds is 4. The fraction of sp³-hybridized carbons (Fsp3) is 0.250. The molecule has 0 nitrogen and oxygen atoms in total. The molecule has 0 bridgehead atoms. The van der Waals surface area contributed by atoms with Crippen LogP contribution in [0, 0.1) is 0 Å². The number of benzene rings is 2. The van der Waals surface area contributed by atoms with Crippen LogP contribution >= 0.6 is 0 Å². The molecule has 0 saturated carbocycles. The maximum atomic E-state index is 3.85. The van der Waals surface area contributed by atoms with E-state index in [2.05, 4.69) is 56.0 Å². The molecule has 1 atom stereocenters. The van der Waals surface area contributed by atoms with Crippen LogP contribution in [0.5, 0.6) is 0 Å². The summed E-state index contributed by atoms with van der Waals surface area (Å²) in [4.78, 5) is 0. The highest BCUT2D eigenvalue weighted by molar-refractivity contribution is 5.86. The van der Waals surface area contributed by atoms with Crippen LogP contribution in [-0.4, -0.2) is 0 Å². The Morgan fingerprint density at radius 3 is 2.62 bits per heavy atom. The topological polar surface area (TPSA) is 0 Å². The van der Waals surface area contributed by atoms with Crippen LogP contribution in [0.2, 0.25) is 0 Å². The molecule has 0 heterocycles. The molecule has 0 aliphatic rings. The number of fused-ring (bicyclic) bond motifs is 1. The summed E-state index contributed by atoms with van der Waals surface area (Å²) >= 11 is 0. The van der Waals surface area contributed by atoms with E-state index in [1.807, 2.05) is 6.08 Å². The first-order valence-corrected chi connectivity index (χ1v) is 5.95. The van der Waals surface area contributed by atoms with Crippen LogP contribution < -0.4 is 0 Å². The zero-order chi connectivity index (χ0) is 11.4. The summed E-state index contributed by atoms with van der Waals surface area (Å²) in [5.41, 5.74) is 1.46. The summed E-state index contributed by atoms with van der Waals surface area (Å²) < 4.78 is 0. The molecule has 0 amide bonds. The fourth-order valence-electron chi connectivity index (χ4n) is 2.32. The summed E-state index contributed by atoms with van der Waals surface area (Å²) in [7, 11) is 0. The van der Waals surface area contributed by atoms with E-state index < -0.39 is 0 Å². The number of hydrogen-bond donors (Lipinski definition) is 0. The van der Waals surface area contributed by atoms with Crippen molar-refractivity contribution < 1.29 is 0 Å². The van der Waals surface area contributed by atoms with Gasteiger partial charge in [0.2, 0.25) is 0 Å². The Hall–Kier alpha value is -1.56. The minimum atomic E-state index is 0.601. The third-order valence-corrected chi connectivity index (χ3v) is 3.21. The van der Waals surface area contributed by atoms with Gasteiger partial charge in [-0.05, 0) is 35.1 Å². The molecule has 16 heavy (non-hydrogen) atoms. The molecule has 0 heteroatoms. The number of allylic oxidation sites excluding steroid dienone is 1.